The maximum absolute atomic E-state index is 13.6. The fourth-order valence-electron chi connectivity index (χ4n) is 2.15. The van der Waals surface area contributed by atoms with Gasteiger partial charge in [-0.15, -0.1) is 0 Å². The molecule has 6 nitrogen and oxygen atoms in total. The SMILES string of the molecule is COc1ccc(F)c(NC(=O)CC2CS(=O)(=O)CCN2)c1. The van der Waals surface area contributed by atoms with Crippen LogP contribution in [0.3, 0.4) is 0 Å². The third-order valence-corrected chi connectivity index (χ3v) is 4.92. The number of methoxy groups -OCH3 is 1. The molecule has 0 aromatic heterocycles. The van der Waals surface area contributed by atoms with E-state index in [0.717, 1.165) is 0 Å². The second-order valence-corrected chi connectivity index (χ2v) is 7.09. The van der Waals surface area contributed by atoms with Crippen LogP contribution in [0.4, 0.5) is 10.1 Å². The van der Waals surface area contributed by atoms with E-state index in [4.69, 9.17) is 4.74 Å². The maximum atomic E-state index is 13.6. The van der Waals surface area contributed by atoms with Gasteiger partial charge in [-0.25, -0.2) is 12.8 Å². The van der Waals surface area contributed by atoms with Crippen molar-refractivity contribution in [3.63, 3.8) is 0 Å². The molecule has 0 bridgehead atoms. The highest BCUT2D eigenvalue weighted by atomic mass is 32.2. The van der Waals surface area contributed by atoms with Crippen molar-refractivity contribution in [2.45, 2.75) is 12.5 Å². The van der Waals surface area contributed by atoms with Crippen LogP contribution in [0.15, 0.2) is 18.2 Å². The summed E-state index contributed by atoms with van der Waals surface area (Å²) >= 11 is 0. The highest BCUT2D eigenvalue weighted by Gasteiger charge is 2.26. The molecule has 0 aliphatic carbocycles. The molecule has 8 heteroatoms. The van der Waals surface area contributed by atoms with Gasteiger partial charge in [0.05, 0.1) is 24.3 Å². The number of benzene rings is 1. The first kappa shape index (κ1) is 15.7. The number of carbonyl (C=O) groups is 1. The number of halogens is 1. The molecule has 0 saturated carbocycles. The van der Waals surface area contributed by atoms with Crippen LogP contribution in [0.5, 0.6) is 5.75 Å². The van der Waals surface area contributed by atoms with Gasteiger partial charge in [0.25, 0.3) is 0 Å². The van der Waals surface area contributed by atoms with Crippen molar-refractivity contribution >= 4 is 21.4 Å². The first-order valence-electron chi connectivity index (χ1n) is 6.47. The normalized spacial score (nSPS) is 20.8. The van der Waals surface area contributed by atoms with Crippen molar-refractivity contribution in [2.24, 2.45) is 0 Å². The molecule has 0 radical (unpaired) electrons. The van der Waals surface area contributed by atoms with Crippen LogP contribution >= 0.6 is 0 Å². The molecule has 1 heterocycles. The quantitative estimate of drug-likeness (QED) is 0.847. The molecule has 1 aromatic rings. The summed E-state index contributed by atoms with van der Waals surface area (Å²) in [5.74, 6) is -0.605. The Morgan fingerprint density at radius 1 is 1.52 bits per heavy atom. The zero-order valence-corrected chi connectivity index (χ0v) is 12.4. The van der Waals surface area contributed by atoms with Crippen molar-refractivity contribution in [1.82, 2.24) is 5.32 Å². The lowest BCUT2D eigenvalue weighted by atomic mass is 10.2. The first-order chi connectivity index (χ1) is 9.89. The van der Waals surface area contributed by atoms with E-state index < -0.39 is 27.6 Å². The highest BCUT2D eigenvalue weighted by molar-refractivity contribution is 7.91. The van der Waals surface area contributed by atoms with E-state index in [0.29, 0.717) is 12.3 Å². The van der Waals surface area contributed by atoms with Crippen LogP contribution in [-0.4, -0.2) is 45.5 Å². The van der Waals surface area contributed by atoms with Crippen LogP contribution in [0.2, 0.25) is 0 Å². The Labute approximate surface area is 122 Å². The Morgan fingerprint density at radius 2 is 2.29 bits per heavy atom. The maximum Gasteiger partial charge on any atom is 0.226 e. The summed E-state index contributed by atoms with van der Waals surface area (Å²) in [4.78, 5) is 11.9. The van der Waals surface area contributed by atoms with Crippen LogP contribution in [-0.2, 0) is 14.6 Å². The van der Waals surface area contributed by atoms with Crippen molar-refractivity contribution in [1.29, 1.82) is 0 Å². The first-order valence-corrected chi connectivity index (χ1v) is 8.29. The van der Waals surface area contributed by atoms with E-state index in [1.165, 1.54) is 25.3 Å². The van der Waals surface area contributed by atoms with Crippen LogP contribution < -0.4 is 15.4 Å². The Kier molecular flexibility index (Phi) is 4.79. The van der Waals surface area contributed by atoms with Gasteiger partial charge in [-0.1, -0.05) is 0 Å². The number of ether oxygens (including phenoxy) is 1. The monoisotopic (exact) mass is 316 g/mol. The van der Waals surface area contributed by atoms with Gasteiger partial charge in [-0.2, -0.15) is 0 Å². The molecule has 2 rings (SSSR count). The number of rotatable bonds is 4. The summed E-state index contributed by atoms with van der Waals surface area (Å²) in [6, 6.07) is 3.56. The topological polar surface area (TPSA) is 84.5 Å². The number of hydrogen-bond donors (Lipinski definition) is 2. The molecule has 1 unspecified atom stereocenters. The van der Waals surface area contributed by atoms with Gasteiger partial charge in [0.15, 0.2) is 9.84 Å². The van der Waals surface area contributed by atoms with Gasteiger partial charge in [0.2, 0.25) is 5.91 Å². The van der Waals surface area contributed by atoms with Crippen molar-refractivity contribution < 1.29 is 22.3 Å². The van der Waals surface area contributed by atoms with E-state index in [9.17, 15) is 17.6 Å². The Balaban J connectivity index is 1.99. The average molecular weight is 316 g/mol. The largest absolute Gasteiger partial charge is 0.497 e. The Morgan fingerprint density at radius 3 is 2.95 bits per heavy atom. The van der Waals surface area contributed by atoms with E-state index in [-0.39, 0.29) is 23.6 Å². The molecule has 0 spiro atoms. The predicted octanol–water partition coefficient (Wildman–Crippen LogP) is 0.549. The number of anilines is 1. The molecule has 1 aromatic carbocycles. The van der Waals surface area contributed by atoms with Crippen LogP contribution in [0.25, 0.3) is 0 Å². The molecule has 1 fully saturated rings. The summed E-state index contributed by atoms with van der Waals surface area (Å²) in [6.07, 6.45) is -0.0319. The number of sulfone groups is 1. The van der Waals surface area contributed by atoms with Gasteiger partial charge in [0.1, 0.15) is 11.6 Å². The van der Waals surface area contributed by atoms with Gasteiger partial charge in [0, 0.05) is 25.1 Å². The van der Waals surface area contributed by atoms with E-state index in [1.807, 2.05) is 0 Å². The van der Waals surface area contributed by atoms with Gasteiger partial charge >= 0.3 is 0 Å². The average Bonchev–Trinajstić information content (AvgIpc) is 2.40. The fourth-order valence-corrected chi connectivity index (χ4v) is 3.59. The predicted molar refractivity (Wildman–Crippen MR) is 76.6 cm³/mol. The zero-order valence-electron chi connectivity index (χ0n) is 11.6. The third kappa shape index (κ3) is 4.40. The second-order valence-electron chi connectivity index (χ2n) is 4.86. The number of hydrogen-bond acceptors (Lipinski definition) is 5. The van der Waals surface area contributed by atoms with Gasteiger partial charge < -0.3 is 15.4 Å². The van der Waals surface area contributed by atoms with E-state index in [2.05, 4.69) is 10.6 Å². The minimum absolute atomic E-state index is 0.0121. The molecule has 1 atom stereocenters. The Bertz CT molecular complexity index is 633. The lowest BCUT2D eigenvalue weighted by Crippen LogP contribution is -2.46. The third-order valence-electron chi connectivity index (χ3n) is 3.18. The van der Waals surface area contributed by atoms with E-state index in [1.54, 1.807) is 0 Å². The molecule has 2 N–H and O–H groups in total. The second kappa shape index (κ2) is 6.40. The molecule has 1 aliphatic heterocycles. The summed E-state index contributed by atoms with van der Waals surface area (Å²) in [6.45, 7) is 0.327. The minimum atomic E-state index is -3.11. The summed E-state index contributed by atoms with van der Waals surface area (Å²) < 4.78 is 41.5. The molecule has 1 saturated heterocycles. The fraction of sp³-hybridized carbons (Fsp3) is 0.462. The van der Waals surface area contributed by atoms with Crippen LogP contribution in [0, 0.1) is 5.82 Å². The number of carbonyl (C=O) groups excluding carboxylic acids is 1. The molecule has 1 amide bonds. The lowest BCUT2D eigenvalue weighted by molar-refractivity contribution is -0.116. The summed E-state index contributed by atoms with van der Waals surface area (Å²) in [7, 11) is -1.67. The van der Waals surface area contributed by atoms with E-state index >= 15 is 0 Å². The standard InChI is InChI=1S/C13H17FN2O4S/c1-20-10-2-3-11(14)12(7-10)16-13(17)6-9-8-21(18,19)5-4-15-9/h2-3,7,9,15H,4-6,8H2,1H3,(H,16,17). The smallest absolute Gasteiger partial charge is 0.226 e. The molecule has 116 valence electrons. The minimum Gasteiger partial charge on any atom is -0.497 e. The number of nitrogens with one attached hydrogen (secondary N) is 2. The molecule has 21 heavy (non-hydrogen) atoms. The highest BCUT2D eigenvalue weighted by Crippen LogP contribution is 2.21. The van der Waals surface area contributed by atoms with Gasteiger partial charge in [-0.05, 0) is 12.1 Å². The van der Waals surface area contributed by atoms with Crippen molar-refractivity contribution in [3.05, 3.63) is 24.0 Å². The van der Waals surface area contributed by atoms with Gasteiger partial charge in [-0.3, -0.25) is 4.79 Å². The lowest BCUT2D eigenvalue weighted by Gasteiger charge is -2.23. The van der Waals surface area contributed by atoms with Crippen molar-refractivity contribution in [3.8, 4) is 5.75 Å². The van der Waals surface area contributed by atoms with Crippen LogP contribution in [0.1, 0.15) is 6.42 Å². The zero-order chi connectivity index (χ0) is 15.5. The molecular weight excluding hydrogens is 299 g/mol. The molecular formula is C13H17FN2O4S. The summed E-state index contributed by atoms with van der Waals surface area (Å²) in [5, 5.41) is 5.40. The summed E-state index contributed by atoms with van der Waals surface area (Å²) in [5.41, 5.74) is 0.0121. The number of amides is 1. The van der Waals surface area contributed by atoms with Crippen molar-refractivity contribution in [2.75, 3.05) is 30.5 Å². The Hall–Kier alpha value is -1.67. The molecule has 1 aliphatic rings.